The quantitative estimate of drug-likeness (QED) is 0.327. The molecule has 9 nitrogen and oxygen atoms in total. The third-order valence-electron chi connectivity index (χ3n) is 5.93. The molecule has 0 bridgehead atoms. The average molecular weight is 567 g/mol. The van der Waals surface area contributed by atoms with Gasteiger partial charge < -0.3 is 14.8 Å². The third-order valence-corrected chi connectivity index (χ3v) is 8.00. The minimum atomic E-state index is -4.46. The molecule has 3 aromatic carbocycles. The molecule has 1 aliphatic heterocycles. The van der Waals surface area contributed by atoms with E-state index in [9.17, 15) is 22.8 Å². The lowest BCUT2D eigenvalue weighted by molar-refractivity contribution is -0.112. The molecule has 0 spiro atoms. The molecule has 4 rings (SSSR count). The van der Waals surface area contributed by atoms with Crippen LogP contribution in [0.2, 0.25) is 5.02 Å². The lowest BCUT2D eigenvalue weighted by Gasteiger charge is -2.33. The van der Waals surface area contributed by atoms with E-state index in [2.05, 4.69) is 11.9 Å². The Labute approximate surface area is 230 Å². The van der Waals surface area contributed by atoms with Crippen molar-refractivity contribution in [2.45, 2.75) is 0 Å². The number of rotatable bonds is 7. The lowest BCUT2D eigenvalue weighted by atomic mass is 9.95. The van der Waals surface area contributed by atoms with Gasteiger partial charge in [-0.15, -0.1) is 6.58 Å². The zero-order chi connectivity index (χ0) is 28.3. The van der Waals surface area contributed by atoms with Crippen molar-refractivity contribution >= 4 is 56.4 Å². The molecule has 0 radical (unpaired) electrons. The molecule has 1 aliphatic rings. The molecule has 200 valence electrons. The predicted octanol–water partition coefficient (Wildman–Crippen LogP) is 4.65. The summed E-state index contributed by atoms with van der Waals surface area (Å²) in [7, 11) is -2.13. The molecule has 3 aromatic rings. The van der Waals surface area contributed by atoms with Crippen LogP contribution in [-0.4, -0.2) is 47.0 Å². The fourth-order valence-electron chi connectivity index (χ4n) is 4.21. The smallest absolute Gasteiger partial charge is 0.339 e. The molecule has 0 saturated heterocycles. The van der Waals surface area contributed by atoms with Crippen LogP contribution in [0.5, 0.6) is 0 Å². The SMILES string of the molecule is C=CCN1c2ccc(Cl)cc2C(c2ccccc2)=C(C(=O)Nc2cc(C(=O)OC)ccc2C(=O)OC)S1(=O)=O. The summed E-state index contributed by atoms with van der Waals surface area (Å²) in [6, 6.07) is 17.0. The number of halogens is 1. The summed E-state index contributed by atoms with van der Waals surface area (Å²) < 4.78 is 38.6. The first kappa shape index (κ1) is 27.6. The predicted molar refractivity (Wildman–Crippen MR) is 148 cm³/mol. The largest absolute Gasteiger partial charge is 0.465 e. The van der Waals surface area contributed by atoms with Crippen molar-refractivity contribution in [1.82, 2.24) is 0 Å². The number of ether oxygens (including phenoxy) is 2. The summed E-state index contributed by atoms with van der Waals surface area (Å²) >= 11 is 6.31. The number of nitrogens with one attached hydrogen (secondary N) is 1. The molecule has 1 amide bonds. The molecule has 0 atom stereocenters. The molecule has 1 N–H and O–H groups in total. The van der Waals surface area contributed by atoms with Gasteiger partial charge in [0.15, 0.2) is 4.91 Å². The minimum Gasteiger partial charge on any atom is -0.465 e. The van der Waals surface area contributed by atoms with Crippen LogP contribution in [0, 0.1) is 0 Å². The van der Waals surface area contributed by atoms with E-state index >= 15 is 0 Å². The number of carbonyl (C=O) groups is 3. The normalized spacial score (nSPS) is 13.8. The maximum absolute atomic E-state index is 14.0. The van der Waals surface area contributed by atoms with Crippen LogP contribution >= 0.6 is 11.6 Å². The Morgan fingerprint density at radius 2 is 1.67 bits per heavy atom. The van der Waals surface area contributed by atoms with Crippen molar-refractivity contribution in [1.29, 1.82) is 0 Å². The number of benzene rings is 3. The minimum absolute atomic E-state index is 0.0228. The van der Waals surface area contributed by atoms with Crippen molar-refractivity contribution in [2.24, 2.45) is 0 Å². The highest BCUT2D eigenvalue weighted by molar-refractivity contribution is 7.97. The summed E-state index contributed by atoms with van der Waals surface area (Å²) in [5.41, 5.74) is 1.08. The topological polar surface area (TPSA) is 119 Å². The summed E-state index contributed by atoms with van der Waals surface area (Å²) in [4.78, 5) is 37.9. The van der Waals surface area contributed by atoms with Crippen molar-refractivity contribution < 1.29 is 32.3 Å². The zero-order valence-corrected chi connectivity index (χ0v) is 22.5. The fraction of sp³-hybridized carbons (Fsp3) is 0.107. The van der Waals surface area contributed by atoms with E-state index in [0.29, 0.717) is 21.8 Å². The van der Waals surface area contributed by atoms with Gasteiger partial charge in [0, 0.05) is 16.2 Å². The second-order valence-electron chi connectivity index (χ2n) is 8.25. The fourth-order valence-corrected chi connectivity index (χ4v) is 6.10. The highest BCUT2D eigenvalue weighted by Gasteiger charge is 2.41. The summed E-state index contributed by atoms with van der Waals surface area (Å²) in [6.45, 7) is 3.53. The Balaban J connectivity index is 2.00. The first-order chi connectivity index (χ1) is 18.6. The van der Waals surface area contributed by atoms with Gasteiger partial charge in [-0.25, -0.2) is 18.0 Å². The number of carbonyl (C=O) groups excluding carboxylic acids is 3. The summed E-state index contributed by atoms with van der Waals surface area (Å²) in [5, 5.41) is 2.84. The molecule has 0 saturated carbocycles. The Kier molecular flexibility index (Phi) is 7.89. The van der Waals surface area contributed by atoms with E-state index in [1.54, 1.807) is 48.5 Å². The molecule has 0 fully saturated rings. The highest BCUT2D eigenvalue weighted by atomic mass is 35.5. The van der Waals surface area contributed by atoms with Gasteiger partial charge >= 0.3 is 11.9 Å². The molecule has 1 heterocycles. The standard InChI is InChI=1S/C28H23ClN2O7S/c1-4-14-31-23-13-11-19(29)16-21(23)24(17-8-6-5-7-9-17)25(39(31,35)36)26(32)30-22-15-18(27(33)37-2)10-12-20(22)28(34)38-3/h4-13,15-16H,1,14H2,2-3H3,(H,30,32). The van der Waals surface area contributed by atoms with Gasteiger partial charge in [0.05, 0.1) is 43.3 Å². The van der Waals surface area contributed by atoms with E-state index < -0.39 is 32.8 Å². The van der Waals surface area contributed by atoms with Crippen LogP contribution < -0.4 is 9.62 Å². The number of sulfonamides is 1. The van der Waals surface area contributed by atoms with Gasteiger partial charge in [-0.2, -0.15) is 0 Å². The molecular formula is C28H23ClN2O7S. The van der Waals surface area contributed by atoms with Crippen LogP contribution in [0.3, 0.4) is 0 Å². The number of amides is 1. The summed E-state index contributed by atoms with van der Waals surface area (Å²) in [6.07, 6.45) is 1.40. The first-order valence-corrected chi connectivity index (χ1v) is 13.3. The van der Waals surface area contributed by atoms with E-state index in [1.165, 1.54) is 31.4 Å². The van der Waals surface area contributed by atoms with Crippen LogP contribution in [0.25, 0.3) is 5.57 Å². The Morgan fingerprint density at radius 3 is 2.31 bits per heavy atom. The van der Waals surface area contributed by atoms with Gasteiger partial charge in [-0.3, -0.25) is 9.10 Å². The van der Waals surface area contributed by atoms with Crippen LogP contribution in [-0.2, 0) is 24.3 Å². The summed E-state index contributed by atoms with van der Waals surface area (Å²) in [5.74, 6) is -2.58. The number of methoxy groups -OCH3 is 2. The second-order valence-corrected chi connectivity index (χ2v) is 10.5. The molecule has 0 unspecified atom stereocenters. The number of hydrogen-bond donors (Lipinski definition) is 1. The maximum Gasteiger partial charge on any atom is 0.339 e. The molecule has 11 heteroatoms. The molecule has 0 aromatic heterocycles. The number of hydrogen-bond acceptors (Lipinski definition) is 7. The van der Waals surface area contributed by atoms with Gasteiger partial charge in [0.25, 0.3) is 15.9 Å². The maximum atomic E-state index is 14.0. The molecular weight excluding hydrogens is 544 g/mol. The first-order valence-electron chi connectivity index (χ1n) is 11.5. The van der Waals surface area contributed by atoms with Crippen LogP contribution in [0.1, 0.15) is 31.8 Å². The number of nitrogens with zero attached hydrogens (tertiary/aromatic N) is 1. The van der Waals surface area contributed by atoms with E-state index in [4.69, 9.17) is 21.1 Å². The second kappa shape index (κ2) is 11.1. The Bertz CT molecular complexity index is 1630. The number of fused-ring (bicyclic) bond motifs is 1. The van der Waals surface area contributed by atoms with E-state index in [1.807, 2.05) is 0 Å². The third kappa shape index (κ3) is 5.16. The number of anilines is 2. The van der Waals surface area contributed by atoms with E-state index in [-0.39, 0.29) is 28.9 Å². The zero-order valence-electron chi connectivity index (χ0n) is 20.9. The van der Waals surface area contributed by atoms with Crippen molar-refractivity contribution in [2.75, 3.05) is 30.4 Å². The van der Waals surface area contributed by atoms with E-state index in [0.717, 1.165) is 11.4 Å². The lowest BCUT2D eigenvalue weighted by Crippen LogP contribution is -2.40. The van der Waals surface area contributed by atoms with Crippen LogP contribution in [0.4, 0.5) is 11.4 Å². The molecule has 39 heavy (non-hydrogen) atoms. The van der Waals surface area contributed by atoms with Gasteiger partial charge in [-0.05, 0) is 42.0 Å². The molecule has 0 aliphatic carbocycles. The Hall–Kier alpha value is -4.41. The number of esters is 2. The van der Waals surface area contributed by atoms with Crippen molar-refractivity contribution in [3.63, 3.8) is 0 Å². The van der Waals surface area contributed by atoms with Crippen LogP contribution in [0.15, 0.2) is 84.3 Å². The van der Waals surface area contributed by atoms with Gasteiger partial charge in [0.1, 0.15) is 0 Å². The van der Waals surface area contributed by atoms with Crippen molar-refractivity contribution in [3.8, 4) is 0 Å². The van der Waals surface area contributed by atoms with Gasteiger partial charge in [0.2, 0.25) is 0 Å². The monoisotopic (exact) mass is 566 g/mol. The van der Waals surface area contributed by atoms with Crippen molar-refractivity contribution in [3.05, 3.63) is 112 Å². The Morgan fingerprint density at radius 1 is 0.974 bits per heavy atom. The highest BCUT2D eigenvalue weighted by Crippen LogP contribution is 2.44. The van der Waals surface area contributed by atoms with Gasteiger partial charge in [-0.1, -0.05) is 48.0 Å². The average Bonchev–Trinajstić information content (AvgIpc) is 2.93.